The monoisotopic (exact) mass is 232 g/mol. The molecule has 0 aliphatic heterocycles. The number of nitrogens with zero attached hydrogens (tertiary/aromatic N) is 2. The number of rotatable bonds is 7. The molecule has 0 bridgehead atoms. The summed E-state index contributed by atoms with van der Waals surface area (Å²) >= 11 is 0. The predicted octanol–water partition coefficient (Wildman–Crippen LogP) is 2.47. The lowest BCUT2D eigenvalue weighted by Gasteiger charge is -2.17. The molecular weight excluding hydrogens is 212 g/mol. The van der Waals surface area contributed by atoms with Crippen molar-refractivity contribution in [1.29, 1.82) is 5.26 Å². The number of hydrogen-bond donors (Lipinski definition) is 0. The third-order valence-corrected chi connectivity index (χ3v) is 2.71. The molecule has 1 aromatic rings. The molecule has 0 aromatic heterocycles. The van der Waals surface area contributed by atoms with Crippen LogP contribution in [-0.2, 0) is 6.42 Å². The Bertz CT molecular complexity index is 353. The molecule has 3 nitrogen and oxygen atoms in total. The largest absolute Gasteiger partial charge is 0.497 e. The maximum atomic E-state index is 8.72. The molecule has 0 aliphatic rings. The van der Waals surface area contributed by atoms with Crippen molar-refractivity contribution in [2.45, 2.75) is 19.8 Å². The highest BCUT2D eigenvalue weighted by Gasteiger charge is 2.03. The fraction of sp³-hybridized carbons (Fsp3) is 0.500. The summed E-state index contributed by atoms with van der Waals surface area (Å²) in [6.07, 6.45) is 2.07. The molecule has 0 spiro atoms. The van der Waals surface area contributed by atoms with Crippen molar-refractivity contribution >= 4 is 0 Å². The first-order valence-electron chi connectivity index (χ1n) is 6.02. The van der Waals surface area contributed by atoms with Gasteiger partial charge in [0.25, 0.3) is 0 Å². The number of hydrogen-bond acceptors (Lipinski definition) is 3. The Morgan fingerprint density at radius 3 is 2.47 bits per heavy atom. The molecule has 92 valence electrons. The third-order valence-electron chi connectivity index (χ3n) is 2.71. The molecule has 1 rings (SSSR count). The van der Waals surface area contributed by atoms with Gasteiger partial charge in [0.1, 0.15) is 5.75 Å². The molecular formula is C14H20N2O. The second kappa shape index (κ2) is 7.70. The van der Waals surface area contributed by atoms with E-state index < -0.39 is 0 Å². The van der Waals surface area contributed by atoms with Crippen LogP contribution in [0.2, 0.25) is 0 Å². The molecule has 0 heterocycles. The molecule has 0 amide bonds. The molecule has 0 fully saturated rings. The summed E-state index contributed by atoms with van der Waals surface area (Å²) in [5.74, 6) is 0.885. The number of benzene rings is 1. The van der Waals surface area contributed by atoms with E-state index in [-0.39, 0.29) is 0 Å². The lowest BCUT2D eigenvalue weighted by Crippen LogP contribution is -2.27. The summed E-state index contributed by atoms with van der Waals surface area (Å²) in [4.78, 5) is 2.18. The van der Waals surface area contributed by atoms with E-state index in [1.165, 1.54) is 5.56 Å². The zero-order chi connectivity index (χ0) is 12.5. The zero-order valence-corrected chi connectivity index (χ0v) is 10.6. The average Bonchev–Trinajstić information content (AvgIpc) is 2.37. The summed E-state index contributed by atoms with van der Waals surface area (Å²) in [7, 11) is 1.67. The van der Waals surface area contributed by atoms with Crippen LogP contribution in [-0.4, -0.2) is 31.6 Å². The summed E-state index contributed by atoms with van der Waals surface area (Å²) in [5, 5.41) is 8.72. The smallest absolute Gasteiger partial charge is 0.118 e. The standard InChI is InChI=1S/C14H20N2O/c1-3-10-16(12-9-15)11-8-13-4-6-14(17-2)7-5-13/h4-7H,3,8,10-12H2,1-2H3. The van der Waals surface area contributed by atoms with Gasteiger partial charge in [-0.3, -0.25) is 4.90 Å². The van der Waals surface area contributed by atoms with Gasteiger partial charge < -0.3 is 4.74 Å². The first-order valence-corrected chi connectivity index (χ1v) is 6.02. The van der Waals surface area contributed by atoms with Crippen molar-refractivity contribution in [3.8, 4) is 11.8 Å². The van der Waals surface area contributed by atoms with Gasteiger partial charge in [-0.15, -0.1) is 0 Å². The zero-order valence-electron chi connectivity index (χ0n) is 10.6. The van der Waals surface area contributed by atoms with E-state index in [0.717, 1.165) is 31.7 Å². The van der Waals surface area contributed by atoms with Crippen LogP contribution in [0.4, 0.5) is 0 Å². The Morgan fingerprint density at radius 2 is 1.94 bits per heavy atom. The van der Waals surface area contributed by atoms with E-state index in [9.17, 15) is 0 Å². The van der Waals surface area contributed by atoms with Crippen LogP contribution in [0.15, 0.2) is 24.3 Å². The summed E-state index contributed by atoms with van der Waals surface area (Å²) in [6.45, 7) is 4.58. The number of ether oxygens (including phenoxy) is 1. The number of methoxy groups -OCH3 is 1. The van der Waals surface area contributed by atoms with Gasteiger partial charge in [0, 0.05) is 6.54 Å². The van der Waals surface area contributed by atoms with Crippen molar-refractivity contribution in [2.24, 2.45) is 0 Å². The maximum absolute atomic E-state index is 8.72. The third kappa shape index (κ3) is 4.88. The molecule has 0 atom stereocenters. The van der Waals surface area contributed by atoms with E-state index >= 15 is 0 Å². The first kappa shape index (κ1) is 13.5. The predicted molar refractivity (Wildman–Crippen MR) is 69.0 cm³/mol. The Hall–Kier alpha value is -1.53. The molecule has 0 saturated heterocycles. The van der Waals surface area contributed by atoms with Gasteiger partial charge in [0.2, 0.25) is 0 Å². The summed E-state index contributed by atoms with van der Waals surface area (Å²) in [5.41, 5.74) is 1.28. The van der Waals surface area contributed by atoms with Crippen LogP contribution in [0.5, 0.6) is 5.75 Å². The van der Waals surface area contributed by atoms with Crippen molar-refractivity contribution in [3.63, 3.8) is 0 Å². The van der Waals surface area contributed by atoms with E-state index in [1.807, 2.05) is 12.1 Å². The first-order chi connectivity index (χ1) is 8.30. The van der Waals surface area contributed by atoms with Crippen molar-refractivity contribution in [1.82, 2.24) is 4.90 Å². The summed E-state index contributed by atoms with van der Waals surface area (Å²) in [6, 6.07) is 10.3. The van der Waals surface area contributed by atoms with Crippen molar-refractivity contribution < 1.29 is 4.74 Å². The molecule has 1 aromatic carbocycles. The van der Waals surface area contributed by atoms with Crippen LogP contribution in [0, 0.1) is 11.3 Å². The normalized spacial score (nSPS) is 10.2. The lowest BCUT2D eigenvalue weighted by molar-refractivity contribution is 0.310. The van der Waals surface area contributed by atoms with Crippen LogP contribution in [0.1, 0.15) is 18.9 Å². The highest BCUT2D eigenvalue weighted by molar-refractivity contribution is 5.27. The topological polar surface area (TPSA) is 36.3 Å². The van der Waals surface area contributed by atoms with Crippen LogP contribution < -0.4 is 4.74 Å². The Kier molecular flexibility index (Phi) is 6.13. The van der Waals surface area contributed by atoms with Crippen molar-refractivity contribution in [2.75, 3.05) is 26.7 Å². The fourth-order valence-corrected chi connectivity index (χ4v) is 1.77. The fourth-order valence-electron chi connectivity index (χ4n) is 1.77. The van der Waals surface area contributed by atoms with Gasteiger partial charge in [-0.2, -0.15) is 5.26 Å². The minimum Gasteiger partial charge on any atom is -0.497 e. The van der Waals surface area contributed by atoms with E-state index in [0.29, 0.717) is 6.54 Å². The molecule has 0 radical (unpaired) electrons. The minimum atomic E-state index is 0.518. The van der Waals surface area contributed by atoms with Gasteiger partial charge in [0.15, 0.2) is 0 Å². The van der Waals surface area contributed by atoms with Gasteiger partial charge in [-0.1, -0.05) is 19.1 Å². The molecule has 3 heteroatoms. The van der Waals surface area contributed by atoms with Gasteiger partial charge in [0.05, 0.1) is 19.7 Å². The molecule has 0 saturated carbocycles. The molecule has 0 N–H and O–H groups in total. The quantitative estimate of drug-likeness (QED) is 0.678. The Labute approximate surface area is 104 Å². The van der Waals surface area contributed by atoms with Crippen LogP contribution >= 0.6 is 0 Å². The Balaban J connectivity index is 2.44. The van der Waals surface area contributed by atoms with E-state index in [4.69, 9.17) is 10.00 Å². The van der Waals surface area contributed by atoms with Gasteiger partial charge in [-0.25, -0.2) is 0 Å². The molecule has 0 aliphatic carbocycles. The maximum Gasteiger partial charge on any atom is 0.118 e. The lowest BCUT2D eigenvalue weighted by atomic mass is 10.1. The highest BCUT2D eigenvalue weighted by atomic mass is 16.5. The second-order valence-corrected chi connectivity index (χ2v) is 4.03. The Morgan fingerprint density at radius 1 is 1.24 bits per heavy atom. The molecule has 0 unspecified atom stereocenters. The molecule has 17 heavy (non-hydrogen) atoms. The van der Waals surface area contributed by atoms with Crippen LogP contribution in [0.25, 0.3) is 0 Å². The highest BCUT2D eigenvalue weighted by Crippen LogP contribution is 2.11. The SMILES string of the molecule is CCCN(CC#N)CCc1ccc(OC)cc1. The van der Waals surface area contributed by atoms with Crippen molar-refractivity contribution in [3.05, 3.63) is 29.8 Å². The van der Waals surface area contributed by atoms with Gasteiger partial charge >= 0.3 is 0 Å². The van der Waals surface area contributed by atoms with E-state index in [1.54, 1.807) is 7.11 Å². The minimum absolute atomic E-state index is 0.518. The van der Waals surface area contributed by atoms with Crippen LogP contribution in [0.3, 0.4) is 0 Å². The van der Waals surface area contributed by atoms with Gasteiger partial charge in [-0.05, 0) is 37.1 Å². The number of nitriles is 1. The average molecular weight is 232 g/mol. The van der Waals surface area contributed by atoms with E-state index in [2.05, 4.69) is 30.0 Å². The summed E-state index contributed by atoms with van der Waals surface area (Å²) < 4.78 is 5.12. The second-order valence-electron chi connectivity index (χ2n) is 4.03.